The summed E-state index contributed by atoms with van der Waals surface area (Å²) in [5, 5.41) is 2.91. The monoisotopic (exact) mass is 352 g/mol. The number of carbonyl (C=O) groups excluding carboxylic acids is 1. The van der Waals surface area contributed by atoms with Gasteiger partial charge < -0.3 is 19.5 Å². The number of hydrogen-bond donors (Lipinski definition) is 1. The van der Waals surface area contributed by atoms with Crippen LogP contribution in [-0.2, 0) is 14.3 Å². The number of rotatable bonds is 11. The van der Waals surface area contributed by atoms with Crippen molar-refractivity contribution >= 4 is 11.6 Å². The molecule has 1 amide bonds. The molecule has 0 saturated heterocycles. The van der Waals surface area contributed by atoms with E-state index < -0.39 is 5.60 Å². The minimum Gasteiger partial charge on any atom is -0.475 e. The molecule has 0 aliphatic heterocycles. The SMILES string of the molecule is CCOCCOc1ncc(NC(=O)[C@](C)(CC(C)C)OCC)cc1C. The number of aryl methyl sites for hydroxylation is 1. The zero-order chi connectivity index (χ0) is 18.9. The van der Waals surface area contributed by atoms with Crippen LogP contribution in [0, 0.1) is 12.8 Å². The quantitative estimate of drug-likeness (QED) is 0.616. The molecule has 0 fully saturated rings. The second-order valence-corrected chi connectivity index (χ2v) is 6.61. The lowest BCUT2D eigenvalue weighted by Gasteiger charge is -2.29. The first kappa shape index (κ1) is 21.4. The van der Waals surface area contributed by atoms with Gasteiger partial charge >= 0.3 is 0 Å². The molecule has 0 saturated carbocycles. The van der Waals surface area contributed by atoms with E-state index in [0.717, 1.165) is 5.56 Å². The van der Waals surface area contributed by atoms with Crippen LogP contribution in [0.1, 0.15) is 46.6 Å². The minimum atomic E-state index is -0.858. The van der Waals surface area contributed by atoms with Crippen molar-refractivity contribution in [2.24, 2.45) is 5.92 Å². The molecule has 6 heteroatoms. The number of nitrogens with one attached hydrogen (secondary N) is 1. The Kier molecular flexibility index (Phi) is 8.86. The Morgan fingerprint density at radius 3 is 2.56 bits per heavy atom. The summed E-state index contributed by atoms with van der Waals surface area (Å²) in [7, 11) is 0. The number of aromatic nitrogens is 1. The summed E-state index contributed by atoms with van der Waals surface area (Å²) in [5.74, 6) is 0.741. The highest BCUT2D eigenvalue weighted by molar-refractivity contribution is 5.97. The lowest BCUT2D eigenvalue weighted by Crippen LogP contribution is -2.44. The molecule has 0 aromatic carbocycles. The summed E-state index contributed by atoms with van der Waals surface area (Å²) >= 11 is 0. The van der Waals surface area contributed by atoms with E-state index in [1.807, 2.05) is 33.8 Å². The first-order chi connectivity index (χ1) is 11.8. The number of anilines is 1. The van der Waals surface area contributed by atoms with Gasteiger partial charge in [-0.15, -0.1) is 0 Å². The average molecular weight is 352 g/mol. The zero-order valence-corrected chi connectivity index (χ0v) is 16.3. The molecule has 142 valence electrons. The van der Waals surface area contributed by atoms with Gasteiger partial charge in [-0.3, -0.25) is 4.79 Å². The molecule has 6 nitrogen and oxygen atoms in total. The van der Waals surface area contributed by atoms with Gasteiger partial charge in [-0.1, -0.05) is 13.8 Å². The van der Waals surface area contributed by atoms with Crippen LogP contribution < -0.4 is 10.1 Å². The summed E-state index contributed by atoms with van der Waals surface area (Å²) in [5.41, 5.74) is 0.634. The second kappa shape index (κ2) is 10.4. The van der Waals surface area contributed by atoms with Crippen LogP contribution in [0.5, 0.6) is 5.88 Å². The Balaban J connectivity index is 2.74. The first-order valence-corrected chi connectivity index (χ1v) is 8.95. The molecule has 0 aliphatic carbocycles. The molecule has 0 radical (unpaired) electrons. The summed E-state index contributed by atoms with van der Waals surface area (Å²) in [4.78, 5) is 17.0. The normalized spacial score (nSPS) is 13.6. The van der Waals surface area contributed by atoms with Crippen LogP contribution in [0.25, 0.3) is 0 Å². The van der Waals surface area contributed by atoms with Crippen LogP contribution in [0.2, 0.25) is 0 Å². The standard InChI is InChI=1S/C19H32N2O4/c1-7-23-9-10-24-17-15(5)11-16(13-20-17)21-18(22)19(6,25-8-2)12-14(3)4/h11,13-14H,7-10,12H2,1-6H3,(H,21,22)/t19-/m0/s1. The number of nitrogens with zero attached hydrogens (tertiary/aromatic N) is 1. The van der Waals surface area contributed by atoms with Crippen LogP contribution in [0.3, 0.4) is 0 Å². The van der Waals surface area contributed by atoms with E-state index in [1.165, 1.54) is 0 Å². The van der Waals surface area contributed by atoms with E-state index in [4.69, 9.17) is 14.2 Å². The van der Waals surface area contributed by atoms with Crippen molar-refractivity contribution in [2.45, 2.75) is 53.6 Å². The molecule has 1 heterocycles. The summed E-state index contributed by atoms with van der Waals surface area (Å²) in [6.07, 6.45) is 2.25. The third kappa shape index (κ3) is 7.00. The van der Waals surface area contributed by atoms with Crippen molar-refractivity contribution in [1.82, 2.24) is 4.98 Å². The van der Waals surface area contributed by atoms with Gasteiger partial charge in [0.15, 0.2) is 0 Å². The highest BCUT2D eigenvalue weighted by Crippen LogP contribution is 2.24. The van der Waals surface area contributed by atoms with Crippen LogP contribution in [-0.4, -0.2) is 42.9 Å². The van der Waals surface area contributed by atoms with Gasteiger partial charge in [0, 0.05) is 18.8 Å². The average Bonchev–Trinajstić information content (AvgIpc) is 2.52. The van der Waals surface area contributed by atoms with Gasteiger partial charge in [0.05, 0.1) is 18.5 Å². The van der Waals surface area contributed by atoms with Crippen molar-refractivity contribution in [3.63, 3.8) is 0 Å². The number of hydrogen-bond acceptors (Lipinski definition) is 5. The van der Waals surface area contributed by atoms with Crippen molar-refractivity contribution < 1.29 is 19.0 Å². The van der Waals surface area contributed by atoms with Crippen LogP contribution in [0.4, 0.5) is 5.69 Å². The van der Waals surface area contributed by atoms with Gasteiger partial charge in [0.25, 0.3) is 5.91 Å². The topological polar surface area (TPSA) is 69.7 Å². The molecule has 0 spiro atoms. The molecule has 25 heavy (non-hydrogen) atoms. The molecule has 0 aliphatic rings. The van der Waals surface area contributed by atoms with Crippen molar-refractivity contribution in [1.29, 1.82) is 0 Å². The fraction of sp³-hybridized carbons (Fsp3) is 0.684. The maximum Gasteiger partial charge on any atom is 0.256 e. The lowest BCUT2D eigenvalue weighted by atomic mass is 9.93. The van der Waals surface area contributed by atoms with Crippen LogP contribution in [0.15, 0.2) is 12.3 Å². The number of ether oxygens (including phenoxy) is 3. The Hall–Kier alpha value is -1.66. The summed E-state index contributed by atoms with van der Waals surface area (Å²) in [6, 6.07) is 1.85. The first-order valence-electron chi connectivity index (χ1n) is 8.95. The van der Waals surface area contributed by atoms with Gasteiger partial charge in [0.1, 0.15) is 12.2 Å². The number of pyridine rings is 1. The molecule has 1 aromatic rings. The van der Waals surface area contributed by atoms with Gasteiger partial charge in [-0.05, 0) is 46.1 Å². The van der Waals surface area contributed by atoms with Gasteiger partial charge in [0.2, 0.25) is 5.88 Å². The summed E-state index contributed by atoms with van der Waals surface area (Å²) < 4.78 is 16.6. The maximum atomic E-state index is 12.7. The predicted molar refractivity (Wildman–Crippen MR) is 99.1 cm³/mol. The van der Waals surface area contributed by atoms with E-state index in [1.54, 1.807) is 6.20 Å². The fourth-order valence-corrected chi connectivity index (χ4v) is 2.70. The third-order valence-electron chi connectivity index (χ3n) is 3.70. The molecule has 1 aromatic heterocycles. The Labute approximate surface area is 151 Å². The van der Waals surface area contributed by atoms with Gasteiger partial charge in [-0.25, -0.2) is 4.98 Å². The summed E-state index contributed by atoms with van der Waals surface area (Å²) in [6.45, 7) is 13.8. The van der Waals surface area contributed by atoms with E-state index in [0.29, 0.717) is 50.3 Å². The molecular weight excluding hydrogens is 320 g/mol. The number of carbonyl (C=O) groups is 1. The van der Waals surface area contributed by atoms with E-state index >= 15 is 0 Å². The van der Waals surface area contributed by atoms with Crippen LogP contribution >= 0.6 is 0 Å². The highest BCUT2D eigenvalue weighted by atomic mass is 16.5. The van der Waals surface area contributed by atoms with Gasteiger partial charge in [-0.2, -0.15) is 0 Å². The lowest BCUT2D eigenvalue weighted by molar-refractivity contribution is -0.140. The van der Waals surface area contributed by atoms with Crippen molar-refractivity contribution in [3.05, 3.63) is 17.8 Å². The maximum absolute atomic E-state index is 12.7. The Morgan fingerprint density at radius 2 is 2.00 bits per heavy atom. The van der Waals surface area contributed by atoms with Crippen molar-refractivity contribution in [2.75, 3.05) is 31.7 Å². The van der Waals surface area contributed by atoms with E-state index in [2.05, 4.69) is 24.1 Å². The minimum absolute atomic E-state index is 0.158. The predicted octanol–water partition coefficient (Wildman–Crippen LogP) is 3.59. The number of amides is 1. The Bertz CT molecular complexity index is 548. The fourth-order valence-electron chi connectivity index (χ4n) is 2.70. The molecule has 1 N–H and O–H groups in total. The second-order valence-electron chi connectivity index (χ2n) is 6.61. The zero-order valence-electron chi connectivity index (χ0n) is 16.3. The third-order valence-corrected chi connectivity index (χ3v) is 3.70. The smallest absolute Gasteiger partial charge is 0.256 e. The largest absolute Gasteiger partial charge is 0.475 e. The molecular formula is C19H32N2O4. The highest BCUT2D eigenvalue weighted by Gasteiger charge is 2.34. The van der Waals surface area contributed by atoms with E-state index in [9.17, 15) is 4.79 Å². The molecule has 1 rings (SSSR count). The van der Waals surface area contributed by atoms with E-state index in [-0.39, 0.29) is 5.91 Å². The van der Waals surface area contributed by atoms with Crippen molar-refractivity contribution in [3.8, 4) is 5.88 Å². The Morgan fingerprint density at radius 1 is 1.28 bits per heavy atom. The molecule has 1 atom stereocenters. The molecule has 0 bridgehead atoms. The molecule has 0 unspecified atom stereocenters.